The van der Waals surface area contributed by atoms with Crippen molar-refractivity contribution in [1.29, 1.82) is 0 Å². The number of nitrogens with zero attached hydrogens (tertiary/aromatic N) is 1. The molecule has 0 aliphatic carbocycles. The van der Waals surface area contributed by atoms with Gasteiger partial charge in [-0.05, 0) is 19.8 Å². The third kappa shape index (κ3) is 3.27. The van der Waals surface area contributed by atoms with Crippen molar-refractivity contribution >= 4 is 16.5 Å². The number of aryl methyl sites for hydroxylation is 1. The normalized spacial score (nSPS) is 15.1. The van der Waals surface area contributed by atoms with Crippen LogP contribution in [0.25, 0.3) is 0 Å². The number of anilines is 1. The number of nitrogens with one attached hydrogen (secondary N) is 1. The molecule has 0 saturated carbocycles. The van der Waals surface area contributed by atoms with E-state index in [0.717, 1.165) is 23.7 Å². The summed E-state index contributed by atoms with van der Waals surface area (Å²) in [6.45, 7) is 6.44. The number of hydrogen-bond donors (Lipinski definition) is 2. The number of thiazole rings is 1. The summed E-state index contributed by atoms with van der Waals surface area (Å²) < 4.78 is 0. The van der Waals surface area contributed by atoms with Gasteiger partial charge in [0.15, 0.2) is 5.13 Å². The van der Waals surface area contributed by atoms with Gasteiger partial charge in [0.05, 0.1) is 11.3 Å². The zero-order valence-corrected chi connectivity index (χ0v) is 9.82. The SMILES string of the molecule is CCc1csc(NCC(C)(O)CC)n1. The Morgan fingerprint density at radius 1 is 1.57 bits per heavy atom. The Morgan fingerprint density at radius 3 is 2.79 bits per heavy atom. The van der Waals surface area contributed by atoms with Crippen LogP contribution in [0.2, 0.25) is 0 Å². The fourth-order valence-electron chi connectivity index (χ4n) is 0.942. The summed E-state index contributed by atoms with van der Waals surface area (Å²) in [5, 5.41) is 15.9. The molecule has 0 aromatic carbocycles. The van der Waals surface area contributed by atoms with Crippen LogP contribution in [-0.2, 0) is 6.42 Å². The molecule has 1 aromatic heterocycles. The highest BCUT2D eigenvalue weighted by molar-refractivity contribution is 7.13. The maximum Gasteiger partial charge on any atom is 0.182 e. The highest BCUT2D eigenvalue weighted by Gasteiger charge is 2.17. The first-order valence-corrected chi connectivity index (χ1v) is 5.86. The molecule has 0 radical (unpaired) electrons. The molecule has 0 fully saturated rings. The van der Waals surface area contributed by atoms with Crippen LogP contribution in [-0.4, -0.2) is 22.2 Å². The van der Waals surface area contributed by atoms with Gasteiger partial charge in [0.2, 0.25) is 0 Å². The molecule has 14 heavy (non-hydrogen) atoms. The van der Waals surface area contributed by atoms with E-state index in [1.807, 2.05) is 19.2 Å². The van der Waals surface area contributed by atoms with Crippen molar-refractivity contribution < 1.29 is 5.11 Å². The molecule has 2 N–H and O–H groups in total. The van der Waals surface area contributed by atoms with Crippen LogP contribution in [0.5, 0.6) is 0 Å². The van der Waals surface area contributed by atoms with Crippen LogP contribution in [0.4, 0.5) is 5.13 Å². The molecule has 4 heteroatoms. The van der Waals surface area contributed by atoms with E-state index in [0.29, 0.717) is 6.54 Å². The predicted molar refractivity (Wildman–Crippen MR) is 60.9 cm³/mol. The van der Waals surface area contributed by atoms with E-state index < -0.39 is 5.60 Å². The Bertz CT molecular complexity index is 283. The molecular formula is C10H18N2OS. The standard InChI is InChI=1S/C10H18N2OS/c1-4-8-6-14-9(12-8)11-7-10(3,13)5-2/h6,13H,4-5,7H2,1-3H3,(H,11,12). The highest BCUT2D eigenvalue weighted by Crippen LogP contribution is 2.17. The van der Waals surface area contributed by atoms with Crippen LogP contribution >= 0.6 is 11.3 Å². The van der Waals surface area contributed by atoms with E-state index in [9.17, 15) is 5.11 Å². The summed E-state index contributed by atoms with van der Waals surface area (Å²) >= 11 is 1.59. The Morgan fingerprint density at radius 2 is 2.29 bits per heavy atom. The molecule has 0 saturated heterocycles. The van der Waals surface area contributed by atoms with Gasteiger partial charge in [0.1, 0.15) is 0 Å². The Balaban J connectivity index is 2.45. The fourth-order valence-corrected chi connectivity index (χ4v) is 1.73. The maximum absolute atomic E-state index is 9.76. The van der Waals surface area contributed by atoms with Crippen molar-refractivity contribution in [2.45, 2.75) is 39.2 Å². The molecule has 1 heterocycles. The molecule has 0 bridgehead atoms. The second-order valence-corrected chi connectivity index (χ2v) is 4.56. The van der Waals surface area contributed by atoms with Gasteiger partial charge in [-0.15, -0.1) is 11.3 Å². The molecule has 1 unspecified atom stereocenters. The smallest absolute Gasteiger partial charge is 0.182 e. The number of aliphatic hydroxyl groups is 1. The average Bonchev–Trinajstić information content (AvgIpc) is 2.63. The topological polar surface area (TPSA) is 45.1 Å². The molecule has 1 rings (SSSR count). The molecule has 0 aliphatic rings. The van der Waals surface area contributed by atoms with Gasteiger partial charge in [-0.25, -0.2) is 4.98 Å². The third-order valence-corrected chi connectivity index (χ3v) is 3.14. The predicted octanol–water partition coefficient (Wildman–Crippen LogP) is 2.28. The lowest BCUT2D eigenvalue weighted by atomic mass is 10.0. The summed E-state index contributed by atoms with van der Waals surface area (Å²) in [4.78, 5) is 4.36. The molecular weight excluding hydrogens is 196 g/mol. The van der Waals surface area contributed by atoms with Crippen molar-refractivity contribution in [3.63, 3.8) is 0 Å². The Labute approximate surface area is 89.2 Å². The summed E-state index contributed by atoms with van der Waals surface area (Å²) in [7, 11) is 0. The molecule has 80 valence electrons. The summed E-state index contributed by atoms with van der Waals surface area (Å²) in [5.74, 6) is 0. The van der Waals surface area contributed by atoms with Gasteiger partial charge in [0.25, 0.3) is 0 Å². The lowest BCUT2D eigenvalue weighted by molar-refractivity contribution is 0.0697. The van der Waals surface area contributed by atoms with Crippen molar-refractivity contribution in [3.05, 3.63) is 11.1 Å². The molecule has 1 atom stereocenters. The lowest BCUT2D eigenvalue weighted by Crippen LogP contribution is -2.32. The molecule has 3 nitrogen and oxygen atoms in total. The van der Waals surface area contributed by atoms with Gasteiger partial charge in [-0.1, -0.05) is 13.8 Å². The van der Waals surface area contributed by atoms with Crippen molar-refractivity contribution in [2.75, 3.05) is 11.9 Å². The fraction of sp³-hybridized carbons (Fsp3) is 0.700. The van der Waals surface area contributed by atoms with Gasteiger partial charge in [-0.3, -0.25) is 0 Å². The van der Waals surface area contributed by atoms with E-state index in [-0.39, 0.29) is 0 Å². The largest absolute Gasteiger partial charge is 0.388 e. The van der Waals surface area contributed by atoms with E-state index >= 15 is 0 Å². The minimum Gasteiger partial charge on any atom is -0.388 e. The Kier molecular flexibility index (Phi) is 3.89. The monoisotopic (exact) mass is 214 g/mol. The molecule has 0 amide bonds. The minimum atomic E-state index is -0.641. The van der Waals surface area contributed by atoms with Gasteiger partial charge >= 0.3 is 0 Å². The first-order valence-electron chi connectivity index (χ1n) is 4.98. The average molecular weight is 214 g/mol. The third-order valence-electron chi connectivity index (χ3n) is 2.30. The summed E-state index contributed by atoms with van der Waals surface area (Å²) in [6.07, 6.45) is 1.70. The quantitative estimate of drug-likeness (QED) is 0.790. The summed E-state index contributed by atoms with van der Waals surface area (Å²) in [6, 6.07) is 0. The van der Waals surface area contributed by atoms with Crippen molar-refractivity contribution in [3.8, 4) is 0 Å². The molecule has 0 spiro atoms. The highest BCUT2D eigenvalue weighted by atomic mass is 32.1. The summed E-state index contributed by atoms with van der Waals surface area (Å²) in [5.41, 5.74) is 0.464. The number of hydrogen-bond acceptors (Lipinski definition) is 4. The zero-order chi connectivity index (χ0) is 10.6. The van der Waals surface area contributed by atoms with E-state index in [4.69, 9.17) is 0 Å². The van der Waals surface area contributed by atoms with Crippen LogP contribution in [0, 0.1) is 0 Å². The Hall–Kier alpha value is -0.610. The second kappa shape index (κ2) is 4.75. The minimum absolute atomic E-state index is 0.556. The van der Waals surface area contributed by atoms with Crippen LogP contribution < -0.4 is 5.32 Å². The van der Waals surface area contributed by atoms with Crippen LogP contribution in [0.3, 0.4) is 0 Å². The molecule has 1 aromatic rings. The molecule has 0 aliphatic heterocycles. The first-order chi connectivity index (χ1) is 6.57. The van der Waals surface area contributed by atoms with E-state index in [1.54, 1.807) is 11.3 Å². The van der Waals surface area contributed by atoms with Gasteiger partial charge in [0, 0.05) is 11.9 Å². The van der Waals surface area contributed by atoms with Crippen molar-refractivity contribution in [2.24, 2.45) is 0 Å². The first kappa shape index (κ1) is 11.5. The van der Waals surface area contributed by atoms with E-state index in [1.165, 1.54) is 0 Å². The lowest BCUT2D eigenvalue weighted by Gasteiger charge is -2.21. The van der Waals surface area contributed by atoms with Gasteiger partial charge in [-0.2, -0.15) is 0 Å². The number of rotatable bonds is 5. The van der Waals surface area contributed by atoms with Gasteiger partial charge < -0.3 is 10.4 Å². The van der Waals surface area contributed by atoms with Crippen LogP contribution in [0.1, 0.15) is 32.9 Å². The van der Waals surface area contributed by atoms with Crippen molar-refractivity contribution in [1.82, 2.24) is 4.98 Å². The second-order valence-electron chi connectivity index (χ2n) is 3.70. The number of aromatic nitrogens is 1. The van der Waals surface area contributed by atoms with E-state index in [2.05, 4.69) is 17.2 Å². The maximum atomic E-state index is 9.76. The van der Waals surface area contributed by atoms with Crippen LogP contribution in [0.15, 0.2) is 5.38 Å². The zero-order valence-electron chi connectivity index (χ0n) is 9.00.